The van der Waals surface area contributed by atoms with E-state index in [1.807, 2.05) is 6.92 Å². The van der Waals surface area contributed by atoms with Crippen LogP contribution < -0.4 is 21.7 Å². The van der Waals surface area contributed by atoms with E-state index < -0.39 is 0 Å². The minimum absolute atomic E-state index is 0.0811. The van der Waals surface area contributed by atoms with Gasteiger partial charge in [-0.1, -0.05) is 11.3 Å². The van der Waals surface area contributed by atoms with Crippen molar-refractivity contribution in [3.8, 4) is 0 Å². The lowest BCUT2D eigenvalue weighted by Crippen LogP contribution is -2.30. The zero-order valence-corrected chi connectivity index (χ0v) is 12.9. The lowest BCUT2D eigenvalue weighted by atomic mass is 9.93. The van der Waals surface area contributed by atoms with E-state index in [-0.39, 0.29) is 30.6 Å². The predicted molar refractivity (Wildman–Crippen MR) is 83.4 cm³/mol. The first-order valence-electron chi connectivity index (χ1n) is 7.18. The number of thiazole rings is 1. The van der Waals surface area contributed by atoms with Crippen molar-refractivity contribution in [3.63, 3.8) is 0 Å². The van der Waals surface area contributed by atoms with Crippen molar-refractivity contribution in [2.75, 3.05) is 24.1 Å². The number of nitrogens with zero attached hydrogens (tertiary/aromatic N) is 1. The lowest BCUT2D eigenvalue weighted by Gasteiger charge is -2.25. The maximum Gasteiger partial charge on any atom is 0.265 e. The summed E-state index contributed by atoms with van der Waals surface area (Å²) in [5.74, 6) is -0.129. The molecule has 5 N–H and O–H groups in total. The molecule has 1 fully saturated rings. The smallest absolute Gasteiger partial charge is 0.265 e. The third-order valence-corrected chi connectivity index (χ3v) is 4.31. The van der Waals surface area contributed by atoms with Crippen molar-refractivity contribution in [3.05, 3.63) is 4.88 Å². The highest BCUT2D eigenvalue weighted by molar-refractivity contribution is 7.18. The van der Waals surface area contributed by atoms with Gasteiger partial charge in [0, 0.05) is 25.6 Å². The summed E-state index contributed by atoms with van der Waals surface area (Å²) in [4.78, 5) is 27.9. The van der Waals surface area contributed by atoms with Crippen molar-refractivity contribution in [1.82, 2.24) is 15.6 Å². The molecule has 0 atom stereocenters. The Morgan fingerprint density at radius 2 is 2.14 bits per heavy atom. The average Bonchev–Trinajstić information content (AvgIpc) is 2.75. The van der Waals surface area contributed by atoms with Crippen LogP contribution in [0, 0.1) is 0 Å². The maximum absolute atomic E-state index is 12.0. The topological polar surface area (TPSA) is 109 Å². The first kappa shape index (κ1) is 15.6. The highest BCUT2D eigenvalue weighted by Crippen LogP contribution is 2.29. The largest absolute Gasteiger partial charge is 0.382 e. The molecule has 8 heteroatoms. The van der Waals surface area contributed by atoms with Crippen molar-refractivity contribution < 1.29 is 9.59 Å². The molecule has 0 aliphatic heterocycles. The molecule has 1 saturated carbocycles. The Hall–Kier alpha value is -1.83. The first-order valence-corrected chi connectivity index (χ1v) is 7.99. The summed E-state index contributed by atoms with van der Waals surface area (Å²) in [7, 11) is 0. The van der Waals surface area contributed by atoms with E-state index in [1.54, 1.807) is 0 Å². The summed E-state index contributed by atoms with van der Waals surface area (Å²) in [6.07, 6.45) is 3.75. The third-order valence-electron chi connectivity index (χ3n) is 3.30. The van der Waals surface area contributed by atoms with E-state index in [0.717, 1.165) is 12.8 Å². The number of rotatable bonds is 7. The van der Waals surface area contributed by atoms with Crippen LogP contribution in [0.25, 0.3) is 0 Å². The van der Waals surface area contributed by atoms with Gasteiger partial charge in [0.25, 0.3) is 5.91 Å². The molecule has 1 aliphatic rings. The lowest BCUT2D eigenvalue weighted by molar-refractivity contribution is -0.120. The summed E-state index contributed by atoms with van der Waals surface area (Å²) >= 11 is 1.25. The molecule has 21 heavy (non-hydrogen) atoms. The summed E-state index contributed by atoms with van der Waals surface area (Å²) in [6, 6.07) is 0.448. The second-order valence-electron chi connectivity index (χ2n) is 4.96. The molecular formula is C13H21N5O2S. The molecule has 7 nitrogen and oxygen atoms in total. The van der Waals surface area contributed by atoms with E-state index in [2.05, 4.69) is 20.9 Å². The molecule has 1 aliphatic carbocycles. The minimum atomic E-state index is -0.282. The summed E-state index contributed by atoms with van der Waals surface area (Å²) in [5, 5.41) is 9.32. The SMILES string of the molecule is CCNC(=O)CCNC(=O)c1sc(NC2CCC2)nc1N. The molecular weight excluding hydrogens is 290 g/mol. The van der Waals surface area contributed by atoms with E-state index in [1.165, 1.54) is 17.8 Å². The molecule has 1 heterocycles. The van der Waals surface area contributed by atoms with Crippen LogP contribution in [0.5, 0.6) is 0 Å². The maximum atomic E-state index is 12.0. The van der Waals surface area contributed by atoms with Crippen LogP contribution in [-0.4, -0.2) is 35.9 Å². The van der Waals surface area contributed by atoms with Crippen LogP contribution in [0.1, 0.15) is 42.3 Å². The highest BCUT2D eigenvalue weighted by atomic mass is 32.1. The van der Waals surface area contributed by atoms with Crippen LogP contribution >= 0.6 is 11.3 Å². The van der Waals surface area contributed by atoms with Gasteiger partial charge in [-0.3, -0.25) is 9.59 Å². The van der Waals surface area contributed by atoms with Crippen molar-refractivity contribution in [2.24, 2.45) is 0 Å². The van der Waals surface area contributed by atoms with Gasteiger partial charge in [-0.25, -0.2) is 4.98 Å². The predicted octanol–water partition coefficient (Wildman–Crippen LogP) is 0.946. The number of carbonyl (C=O) groups excluding carboxylic acids is 2. The second kappa shape index (κ2) is 7.26. The van der Waals surface area contributed by atoms with Crippen molar-refractivity contribution in [2.45, 2.75) is 38.6 Å². The number of hydrogen-bond acceptors (Lipinski definition) is 6. The molecule has 2 amide bonds. The monoisotopic (exact) mass is 311 g/mol. The molecule has 1 aromatic rings. The minimum Gasteiger partial charge on any atom is -0.382 e. The van der Waals surface area contributed by atoms with Crippen LogP contribution in [0.2, 0.25) is 0 Å². The van der Waals surface area contributed by atoms with Gasteiger partial charge in [0.2, 0.25) is 5.91 Å². The van der Waals surface area contributed by atoms with Gasteiger partial charge in [-0.05, 0) is 26.2 Å². The zero-order valence-electron chi connectivity index (χ0n) is 12.1. The zero-order chi connectivity index (χ0) is 15.2. The van der Waals surface area contributed by atoms with E-state index >= 15 is 0 Å². The molecule has 0 saturated heterocycles. The first-order chi connectivity index (χ1) is 10.1. The molecule has 2 rings (SSSR count). The number of aromatic nitrogens is 1. The molecule has 0 bridgehead atoms. The number of nitrogen functional groups attached to an aromatic ring is 1. The highest BCUT2D eigenvalue weighted by Gasteiger charge is 2.21. The van der Waals surface area contributed by atoms with Crippen LogP contribution in [0.15, 0.2) is 0 Å². The molecule has 0 spiro atoms. The quantitative estimate of drug-likeness (QED) is 0.599. The summed E-state index contributed by atoms with van der Waals surface area (Å²) in [6.45, 7) is 2.73. The Balaban J connectivity index is 1.82. The van der Waals surface area contributed by atoms with Gasteiger partial charge in [0.15, 0.2) is 5.13 Å². The standard InChI is InChI=1S/C13H21N5O2S/c1-2-15-9(19)6-7-16-12(20)10-11(14)18-13(21-10)17-8-4-3-5-8/h8H,2-7,14H2,1H3,(H,15,19)(H,16,20)(H,17,18). The van der Waals surface area contributed by atoms with Crippen LogP contribution in [0.4, 0.5) is 10.9 Å². The van der Waals surface area contributed by atoms with Crippen LogP contribution in [-0.2, 0) is 4.79 Å². The Morgan fingerprint density at radius 1 is 1.38 bits per heavy atom. The second-order valence-corrected chi connectivity index (χ2v) is 5.96. The van der Waals surface area contributed by atoms with Gasteiger partial charge in [0.05, 0.1) is 0 Å². The Bertz CT molecular complexity index is 513. The number of hydrogen-bond donors (Lipinski definition) is 4. The van der Waals surface area contributed by atoms with Crippen LogP contribution in [0.3, 0.4) is 0 Å². The van der Waals surface area contributed by atoms with Gasteiger partial charge >= 0.3 is 0 Å². The Morgan fingerprint density at radius 3 is 2.76 bits per heavy atom. The summed E-state index contributed by atoms with van der Waals surface area (Å²) in [5.41, 5.74) is 5.78. The third kappa shape index (κ3) is 4.32. The molecule has 0 radical (unpaired) electrons. The number of anilines is 2. The normalized spacial score (nSPS) is 14.3. The van der Waals surface area contributed by atoms with E-state index in [9.17, 15) is 9.59 Å². The van der Waals surface area contributed by atoms with Gasteiger partial charge in [-0.15, -0.1) is 0 Å². The molecule has 1 aromatic heterocycles. The number of carbonyl (C=O) groups is 2. The van der Waals surface area contributed by atoms with E-state index in [0.29, 0.717) is 22.6 Å². The fraction of sp³-hybridized carbons (Fsp3) is 0.615. The average molecular weight is 311 g/mol. The van der Waals surface area contributed by atoms with Gasteiger partial charge < -0.3 is 21.7 Å². The number of amides is 2. The van der Waals surface area contributed by atoms with Crippen molar-refractivity contribution in [1.29, 1.82) is 0 Å². The Labute approximate surface area is 127 Å². The molecule has 0 aromatic carbocycles. The fourth-order valence-corrected chi connectivity index (χ4v) is 2.82. The van der Waals surface area contributed by atoms with Gasteiger partial charge in [-0.2, -0.15) is 0 Å². The molecule has 116 valence electrons. The number of nitrogens with one attached hydrogen (secondary N) is 3. The summed E-state index contributed by atoms with van der Waals surface area (Å²) < 4.78 is 0. The van der Waals surface area contributed by atoms with Gasteiger partial charge in [0.1, 0.15) is 10.7 Å². The Kier molecular flexibility index (Phi) is 5.38. The van der Waals surface area contributed by atoms with Crippen molar-refractivity contribution >= 4 is 34.1 Å². The molecule has 0 unspecified atom stereocenters. The van der Waals surface area contributed by atoms with E-state index in [4.69, 9.17) is 5.73 Å². The fourth-order valence-electron chi connectivity index (χ4n) is 1.94. The number of nitrogens with two attached hydrogens (primary N) is 1.